The first-order chi connectivity index (χ1) is 11.9. The van der Waals surface area contributed by atoms with E-state index < -0.39 is 0 Å². The highest BCUT2D eigenvalue weighted by Gasteiger charge is 2.18. The maximum Gasteiger partial charge on any atom is 0.239 e. The molecular weight excluding hydrogens is 356 g/mol. The van der Waals surface area contributed by atoms with Gasteiger partial charge < -0.3 is 10.1 Å². The molecule has 0 radical (unpaired) electrons. The highest BCUT2D eigenvalue weighted by atomic mass is 32.2. The molecule has 2 heterocycles. The molecule has 0 aliphatic rings. The topological polar surface area (TPSA) is 77.0 Å². The van der Waals surface area contributed by atoms with E-state index in [1.54, 1.807) is 7.11 Å². The van der Waals surface area contributed by atoms with E-state index in [1.807, 2.05) is 45.0 Å². The van der Waals surface area contributed by atoms with Crippen LogP contribution >= 0.6 is 23.1 Å². The number of methoxy groups -OCH3 is 1. The van der Waals surface area contributed by atoms with Crippen LogP contribution in [0.2, 0.25) is 0 Å². The van der Waals surface area contributed by atoms with Gasteiger partial charge >= 0.3 is 0 Å². The SMILES string of the molecule is COc1ccc2nc(NC(=O)C(C)Sc3nc(C)cc(C)n3)sc2c1. The van der Waals surface area contributed by atoms with E-state index in [1.165, 1.54) is 23.1 Å². The molecule has 130 valence electrons. The molecule has 3 rings (SSSR count). The molecule has 0 bridgehead atoms. The van der Waals surface area contributed by atoms with Crippen LogP contribution in [0.4, 0.5) is 5.13 Å². The van der Waals surface area contributed by atoms with E-state index in [0.717, 1.165) is 27.4 Å². The van der Waals surface area contributed by atoms with Gasteiger partial charge in [-0.1, -0.05) is 23.1 Å². The lowest BCUT2D eigenvalue weighted by atomic mass is 10.3. The van der Waals surface area contributed by atoms with E-state index >= 15 is 0 Å². The maximum atomic E-state index is 12.4. The van der Waals surface area contributed by atoms with Crippen LogP contribution in [0.25, 0.3) is 10.2 Å². The zero-order valence-electron chi connectivity index (χ0n) is 14.4. The summed E-state index contributed by atoms with van der Waals surface area (Å²) in [6.07, 6.45) is 0. The fourth-order valence-electron chi connectivity index (χ4n) is 2.25. The molecule has 1 aromatic carbocycles. The molecule has 6 nitrogen and oxygen atoms in total. The molecule has 1 N–H and O–H groups in total. The molecule has 1 amide bonds. The van der Waals surface area contributed by atoms with Crippen molar-refractivity contribution < 1.29 is 9.53 Å². The van der Waals surface area contributed by atoms with Crippen LogP contribution in [0.15, 0.2) is 29.4 Å². The molecule has 2 aromatic heterocycles. The van der Waals surface area contributed by atoms with Crippen LogP contribution in [0.5, 0.6) is 5.75 Å². The Hall–Kier alpha value is -2.19. The van der Waals surface area contributed by atoms with Gasteiger partial charge in [-0.25, -0.2) is 15.0 Å². The molecule has 0 spiro atoms. The molecule has 0 fully saturated rings. The Bertz CT molecular complexity index is 906. The van der Waals surface area contributed by atoms with E-state index in [2.05, 4.69) is 20.3 Å². The minimum Gasteiger partial charge on any atom is -0.497 e. The lowest BCUT2D eigenvalue weighted by Gasteiger charge is -2.10. The highest BCUT2D eigenvalue weighted by molar-refractivity contribution is 8.00. The standard InChI is InChI=1S/C17H18N4O2S2/c1-9-7-10(2)19-16(18-9)24-11(3)15(22)21-17-20-13-6-5-12(23-4)8-14(13)25-17/h5-8,11H,1-4H3,(H,20,21,22). The van der Waals surface area contributed by atoms with Crippen LogP contribution in [0.3, 0.4) is 0 Å². The maximum absolute atomic E-state index is 12.4. The van der Waals surface area contributed by atoms with Crippen LogP contribution in [0, 0.1) is 13.8 Å². The first-order valence-electron chi connectivity index (χ1n) is 7.69. The molecular formula is C17H18N4O2S2. The summed E-state index contributed by atoms with van der Waals surface area (Å²) in [5.41, 5.74) is 2.62. The Morgan fingerprint density at radius 3 is 2.60 bits per heavy atom. The van der Waals surface area contributed by atoms with Crippen molar-refractivity contribution in [2.24, 2.45) is 0 Å². The van der Waals surface area contributed by atoms with Crippen molar-refractivity contribution in [2.75, 3.05) is 12.4 Å². The van der Waals surface area contributed by atoms with Crippen LogP contribution < -0.4 is 10.1 Å². The van der Waals surface area contributed by atoms with Gasteiger partial charge in [0, 0.05) is 11.4 Å². The molecule has 0 aliphatic carbocycles. The van der Waals surface area contributed by atoms with Crippen molar-refractivity contribution in [1.82, 2.24) is 15.0 Å². The van der Waals surface area contributed by atoms with Gasteiger partial charge in [-0.15, -0.1) is 0 Å². The van der Waals surface area contributed by atoms with Crippen LogP contribution in [-0.2, 0) is 4.79 Å². The number of thiazole rings is 1. The molecule has 1 unspecified atom stereocenters. The van der Waals surface area contributed by atoms with E-state index in [0.29, 0.717) is 10.3 Å². The van der Waals surface area contributed by atoms with Crippen molar-refractivity contribution in [1.29, 1.82) is 0 Å². The van der Waals surface area contributed by atoms with Gasteiger partial charge in [0.2, 0.25) is 5.91 Å². The largest absolute Gasteiger partial charge is 0.497 e. The molecule has 0 saturated carbocycles. The van der Waals surface area contributed by atoms with Gasteiger partial charge in [0.25, 0.3) is 0 Å². The fourth-order valence-corrected chi connectivity index (χ4v) is 4.02. The second-order valence-electron chi connectivity index (χ2n) is 5.54. The number of fused-ring (bicyclic) bond motifs is 1. The molecule has 25 heavy (non-hydrogen) atoms. The predicted octanol–water partition coefficient (Wildman–Crippen LogP) is 3.83. The van der Waals surface area contributed by atoms with E-state index in [9.17, 15) is 4.79 Å². The number of carbonyl (C=O) groups is 1. The predicted molar refractivity (Wildman–Crippen MR) is 102 cm³/mol. The number of nitrogens with one attached hydrogen (secondary N) is 1. The Kier molecular flexibility index (Phi) is 5.19. The minimum atomic E-state index is -0.331. The molecule has 3 aromatic rings. The third kappa shape index (κ3) is 4.26. The summed E-state index contributed by atoms with van der Waals surface area (Å²) in [4.78, 5) is 25.6. The second-order valence-corrected chi connectivity index (χ2v) is 7.87. The first-order valence-corrected chi connectivity index (χ1v) is 9.38. The number of aryl methyl sites for hydroxylation is 2. The fraction of sp³-hybridized carbons (Fsp3) is 0.294. The third-order valence-electron chi connectivity index (χ3n) is 3.44. The summed E-state index contributed by atoms with van der Waals surface area (Å²) in [5.74, 6) is 0.642. The van der Waals surface area contributed by atoms with E-state index in [4.69, 9.17) is 4.74 Å². The van der Waals surface area contributed by atoms with Crippen molar-refractivity contribution in [3.05, 3.63) is 35.7 Å². The number of carbonyl (C=O) groups excluding carboxylic acids is 1. The van der Waals surface area contributed by atoms with Gasteiger partial charge in [0.1, 0.15) is 5.75 Å². The van der Waals surface area contributed by atoms with Crippen molar-refractivity contribution >= 4 is 44.4 Å². The summed E-state index contributed by atoms with van der Waals surface area (Å²) < 4.78 is 6.18. The Balaban J connectivity index is 1.70. The lowest BCUT2D eigenvalue weighted by Crippen LogP contribution is -2.22. The molecule has 8 heteroatoms. The number of thioether (sulfide) groups is 1. The average molecular weight is 374 g/mol. The molecule has 1 atom stereocenters. The van der Waals surface area contributed by atoms with Gasteiger partial charge in [-0.05, 0) is 45.0 Å². The molecule has 0 aliphatic heterocycles. The normalized spacial score (nSPS) is 12.2. The summed E-state index contributed by atoms with van der Waals surface area (Å²) >= 11 is 2.75. The second kappa shape index (κ2) is 7.37. The smallest absolute Gasteiger partial charge is 0.239 e. The first kappa shape index (κ1) is 17.6. The summed E-state index contributed by atoms with van der Waals surface area (Å²) in [7, 11) is 1.62. The monoisotopic (exact) mass is 374 g/mol. The number of ether oxygens (including phenoxy) is 1. The lowest BCUT2D eigenvalue weighted by molar-refractivity contribution is -0.115. The van der Waals surface area contributed by atoms with Crippen LogP contribution in [-0.4, -0.2) is 33.2 Å². The number of amides is 1. The minimum absolute atomic E-state index is 0.126. The summed E-state index contributed by atoms with van der Waals surface area (Å²) in [6, 6.07) is 7.54. The number of rotatable bonds is 5. The van der Waals surface area contributed by atoms with Crippen LogP contribution in [0.1, 0.15) is 18.3 Å². The average Bonchev–Trinajstić information content (AvgIpc) is 2.94. The zero-order chi connectivity index (χ0) is 18.0. The van der Waals surface area contributed by atoms with Gasteiger partial charge in [-0.3, -0.25) is 4.79 Å². The number of hydrogen-bond acceptors (Lipinski definition) is 7. The van der Waals surface area contributed by atoms with E-state index in [-0.39, 0.29) is 11.2 Å². The number of aromatic nitrogens is 3. The summed E-state index contributed by atoms with van der Waals surface area (Å²) in [5, 5.41) is 3.72. The number of anilines is 1. The Morgan fingerprint density at radius 2 is 1.92 bits per heavy atom. The number of hydrogen-bond donors (Lipinski definition) is 1. The third-order valence-corrected chi connectivity index (χ3v) is 5.33. The van der Waals surface area contributed by atoms with Gasteiger partial charge in [0.05, 0.1) is 22.6 Å². The Labute approximate surface area is 154 Å². The quantitative estimate of drug-likeness (QED) is 0.540. The molecule has 0 saturated heterocycles. The Morgan fingerprint density at radius 1 is 1.20 bits per heavy atom. The van der Waals surface area contributed by atoms with Crippen molar-refractivity contribution in [3.63, 3.8) is 0 Å². The zero-order valence-corrected chi connectivity index (χ0v) is 16.0. The van der Waals surface area contributed by atoms with Crippen molar-refractivity contribution in [2.45, 2.75) is 31.2 Å². The van der Waals surface area contributed by atoms with Crippen molar-refractivity contribution in [3.8, 4) is 5.75 Å². The van der Waals surface area contributed by atoms with Gasteiger partial charge in [0.15, 0.2) is 10.3 Å². The number of benzene rings is 1. The number of nitrogens with zero attached hydrogens (tertiary/aromatic N) is 3. The van der Waals surface area contributed by atoms with Gasteiger partial charge in [-0.2, -0.15) is 0 Å². The summed E-state index contributed by atoms with van der Waals surface area (Å²) in [6.45, 7) is 5.66. The highest BCUT2D eigenvalue weighted by Crippen LogP contribution is 2.30.